The maximum absolute atomic E-state index is 10.8. The molecule has 0 aromatic heterocycles. The summed E-state index contributed by atoms with van der Waals surface area (Å²) < 4.78 is 0. The molecule has 8 nitrogen and oxygen atoms in total. The number of aliphatic hydroxyl groups excluding tert-OH is 2. The van der Waals surface area contributed by atoms with E-state index in [0.29, 0.717) is 0 Å². The molecule has 14 heavy (non-hydrogen) atoms. The van der Waals surface area contributed by atoms with Crippen LogP contribution in [0, 0.1) is 0 Å². The van der Waals surface area contributed by atoms with Gasteiger partial charge in [0.2, 0.25) is 6.17 Å². The lowest BCUT2D eigenvalue weighted by molar-refractivity contribution is -0.249. The van der Waals surface area contributed by atoms with Crippen LogP contribution < -0.4 is 0 Å². The fourth-order valence-corrected chi connectivity index (χ4v) is 0.885. The Kier molecular flexibility index (Phi) is 2.58. The van der Waals surface area contributed by atoms with Crippen molar-refractivity contribution >= 4 is 11.7 Å². The summed E-state index contributed by atoms with van der Waals surface area (Å²) in [6.07, 6.45) is -1.63. The number of nitrogens with zero attached hydrogens (tertiary/aromatic N) is 2. The molecule has 0 radical (unpaired) electrons. The van der Waals surface area contributed by atoms with Crippen LogP contribution in [-0.4, -0.2) is 43.6 Å². The average Bonchev–Trinajstić information content (AvgIpc) is 2.19. The molecule has 1 aliphatic heterocycles. The molecule has 0 aromatic carbocycles. The Morgan fingerprint density at radius 2 is 2.14 bits per heavy atom. The highest BCUT2D eigenvalue weighted by atomic mass is 17.1. The first-order valence-electron chi connectivity index (χ1n) is 3.49. The van der Waals surface area contributed by atoms with E-state index in [9.17, 15) is 4.79 Å². The minimum Gasteiger partial charge on any atom is -0.502 e. The van der Waals surface area contributed by atoms with Crippen molar-refractivity contribution in [2.45, 2.75) is 13.1 Å². The zero-order valence-electron chi connectivity index (χ0n) is 7.08. The molecule has 0 saturated heterocycles. The second-order valence-corrected chi connectivity index (χ2v) is 2.52. The summed E-state index contributed by atoms with van der Waals surface area (Å²) in [5, 5.41) is 35.2. The average molecular weight is 204 g/mol. The lowest BCUT2D eigenvalue weighted by atomic mass is 10.3. The molecule has 0 spiro atoms. The van der Waals surface area contributed by atoms with Crippen molar-refractivity contribution in [3.63, 3.8) is 0 Å². The molecule has 0 fully saturated rings. The zero-order chi connectivity index (χ0) is 10.9. The van der Waals surface area contributed by atoms with Gasteiger partial charge in [-0.15, -0.1) is 0 Å². The maximum atomic E-state index is 10.8. The van der Waals surface area contributed by atoms with E-state index in [0.717, 1.165) is 0 Å². The van der Waals surface area contributed by atoms with Crippen molar-refractivity contribution in [1.29, 1.82) is 0 Å². The second-order valence-electron chi connectivity index (χ2n) is 2.52. The second kappa shape index (κ2) is 3.52. The smallest absolute Gasteiger partial charge is 0.388 e. The van der Waals surface area contributed by atoms with Crippen LogP contribution in [0.2, 0.25) is 0 Å². The monoisotopic (exact) mass is 204 g/mol. The maximum Gasteiger partial charge on any atom is 0.388 e. The Hall–Kier alpha value is -1.80. The number of rotatable bonds is 1. The first-order chi connectivity index (χ1) is 6.49. The number of allylic oxidation sites excluding steroid dienone is 1. The summed E-state index contributed by atoms with van der Waals surface area (Å²) in [7, 11) is 0. The van der Waals surface area contributed by atoms with E-state index in [1.165, 1.54) is 6.92 Å². The topological polar surface area (TPSA) is 123 Å². The number of hydrogen-bond donors (Lipinski definition) is 4. The van der Waals surface area contributed by atoms with Crippen molar-refractivity contribution in [1.82, 2.24) is 5.06 Å². The molecular formula is C6H8N2O6. The first-order valence-corrected chi connectivity index (χ1v) is 3.49. The van der Waals surface area contributed by atoms with Crippen LogP contribution in [-0.2, 0) is 9.68 Å². The molecule has 78 valence electrons. The molecule has 0 amide bonds. The fourth-order valence-electron chi connectivity index (χ4n) is 0.885. The van der Waals surface area contributed by atoms with Crippen LogP contribution in [0.25, 0.3) is 0 Å². The standard InChI is InChI=1S/C6H8N2O6/c1-2-3(9)5(10)8(12)4(7-2)6(11)14-13/h4,9-10,12-13H,1H3. The minimum atomic E-state index is -1.63. The van der Waals surface area contributed by atoms with E-state index in [4.69, 9.17) is 20.7 Å². The van der Waals surface area contributed by atoms with E-state index < -0.39 is 23.8 Å². The third-order valence-electron chi connectivity index (χ3n) is 1.62. The van der Waals surface area contributed by atoms with Gasteiger partial charge in [-0.05, 0) is 6.92 Å². The number of carbonyl (C=O) groups excluding carboxylic acids is 1. The number of aliphatic hydroxyl groups is 2. The highest BCUT2D eigenvalue weighted by molar-refractivity contribution is 5.98. The van der Waals surface area contributed by atoms with E-state index >= 15 is 0 Å². The van der Waals surface area contributed by atoms with Crippen LogP contribution in [0.4, 0.5) is 0 Å². The quantitative estimate of drug-likeness (QED) is 0.344. The fraction of sp³-hybridized carbons (Fsp3) is 0.333. The molecular weight excluding hydrogens is 196 g/mol. The largest absolute Gasteiger partial charge is 0.502 e. The minimum absolute atomic E-state index is 0.0269. The number of hydroxylamine groups is 2. The summed E-state index contributed by atoms with van der Waals surface area (Å²) in [5.74, 6) is -2.88. The molecule has 1 heterocycles. The number of hydrogen-bond acceptors (Lipinski definition) is 8. The lowest BCUT2D eigenvalue weighted by Crippen LogP contribution is -2.42. The van der Waals surface area contributed by atoms with Gasteiger partial charge >= 0.3 is 5.97 Å². The van der Waals surface area contributed by atoms with E-state index in [1.54, 1.807) is 0 Å². The normalized spacial score (nSPS) is 22.1. The molecule has 8 heteroatoms. The summed E-state index contributed by atoms with van der Waals surface area (Å²) in [6.45, 7) is 1.30. The number of carbonyl (C=O) groups is 1. The van der Waals surface area contributed by atoms with Crippen LogP contribution in [0.3, 0.4) is 0 Å². The van der Waals surface area contributed by atoms with Crippen LogP contribution in [0.5, 0.6) is 0 Å². The molecule has 1 atom stereocenters. The molecule has 1 unspecified atom stereocenters. The van der Waals surface area contributed by atoms with Gasteiger partial charge in [-0.2, -0.15) is 10.3 Å². The Balaban J connectivity index is 3.02. The van der Waals surface area contributed by atoms with Crippen molar-refractivity contribution in [3.05, 3.63) is 11.6 Å². The highest BCUT2D eigenvalue weighted by Crippen LogP contribution is 2.17. The molecule has 0 aliphatic carbocycles. The summed E-state index contributed by atoms with van der Waals surface area (Å²) in [6, 6.07) is 0. The number of aliphatic imine (C=N–C) groups is 1. The highest BCUT2D eigenvalue weighted by Gasteiger charge is 2.34. The van der Waals surface area contributed by atoms with Crippen LogP contribution >= 0.6 is 0 Å². The third kappa shape index (κ3) is 1.47. The van der Waals surface area contributed by atoms with Gasteiger partial charge < -0.3 is 10.2 Å². The molecule has 0 aromatic rings. The van der Waals surface area contributed by atoms with Crippen molar-refractivity contribution in [2.24, 2.45) is 4.99 Å². The summed E-state index contributed by atoms with van der Waals surface area (Å²) in [5.41, 5.74) is -0.0665. The van der Waals surface area contributed by atoms with E-state index in [1.807, 2.05) is 0 Å². The van der Waals surface area contributed by atoms with E-state index in [-0.39, 0.29) is 10.8 Å². The lowest BCUT2D eigenvalue weighted by Gasteiger charge is -2.25. The van der Waals surface area contributed by atoms with Gasteiger partial charge in [0.25, 0.3) is 5.88 Å². The Bertz CT molecular complexity index is 322. The predicted octanol–water partition coefficient (Wildman–Crippen LogP) is -0.220. The van der Waals surface area contributed by atoms with Crippen molar-refractivity contribution < 1.29 is 30.4 Å². The Morgan fingerprint density at radius 3 is 2.64 bits per heavy atom. The van der Waals surface area contributed by atoms with Gasteiger partial charge in [0.1, 0.15) is 0 Å². The predicted molar refractivity (Wildman–Crippen MR) is 41.5 cm³/mol. The zero-order valence-corrected chi connectivity index (χ0v) is 7.08. The van der Waals surface area contributed by atoms with Gasteiger partial charge in [0.15, 0.2) is 5.76 Å². The van der Waals surface area contributed by atoms with Crippen LogP contribution in [0.15, 0.2) is 16.6 Å². The van der Waals surface area contributed by atoms with Crippen molar-refractivity contribution in [3.8, 4) is 0 Å². The first kappa shape index (κ1) is 10.3. The Morgan fingerprint density at radius 1 is 1.57 bits per heavy atom. The van der Waals surface area contributed by atoms with Gasteiger partial charge in [-0.3, -0.25) is 10.1 Å². The van der Waals surface area contributed by atoms with E-state index in [2.05, 4.69) is 9.88 Å². The third-order valence-corrected chi connectivity index (χ3v) is 1.62. The van der Waals surface area contributed by atoms with Gasteiger partial charge in [0, 0.05) is 0 Å². The SMILES string of the molecule is CC1=NC(C(=O)OO)N(O)C(O)=C1O. The summed E-state index contributed by atoms with van der Waals surface area (Å²) in [4.78, 5) is 17.6. The molecule has 0 saturated carbocycles. The van der Waals surface area contributed by atoms with Gasteiger partial charge in [-0.1, -0.05) is 0 Å². The molecule has 4 N–H and O–H groups in total. The summed E-state index contributed by atoms with van der Waals surface area (Å²) >= 11 is 0. The van der Waals surface area contributed by atoms with Gasteiger partial charge in [-0.25, -0.2) is 9.79 Å². The molecule has 1 rings (SSSR count). The molecule has 1 aliphatic rings. The molecule has 0 bridgehead atoms. The van der Waals surface area contributed by atoms with Crippen molar-refractivity contribution in [2.75, 3.05) is 0 Å². The van der Waals surface area contributed by atoms with Crippen LogP contribution in [0.1, 0.15) is 6.92 Å². The van der Waals surface area contributed by atoms with Gasteiger partial charge in [0.05, 0.1) is 5.71 Å². The Labute approximate surface area is 77.9 Å².